The molecule has 0 aliphatic heterocycles. The Balaban J connectivity index is 2.03. The third kappa shape index (κ3) is 3.20. The number of amides is 1. The molecule has 0 aliphatic carbocycles. The fourth-order valence-corrected chi connectivity index (χ4v) is 1.79. The monoisotopic (exact) mass is 272 g/mol. The molecule has 104 valence electrons. The van der Waals surface area contributed by atoms with E-state index >= 15 is 0 Å². The molecule has 2 aromatic rings. The van der Waals surface area contributed by atoms with E-state index in [0.29, 0.717) is 17.9 Å². The van der Waals surface area contributed by atoms with Crippen LogP contribution < -0.4 is 15.8 Å². The van der Waals surface area contributed by atoms with Gasteiger partial charge in [0, 0.05) is 17.8 Å². The van der Waals surface area contributed by atoms with Crippen molar-refractivity contribution in [3.63, 3.8) is 0 Å². The van der Waals surface area contributed by atoms with Gasteiger partial charge in [0.05, 0.1) is 7.11 Å². The van der Waals surface area contributed by atoms with Crippen molar-refractivity contribution in [3.05, 3.63) is 53.6 Å². The average Bonchev–Trinajstić information content (AvgIpc) is 2.46. The minimum Gasteiger partial charge on any atom is -0.504 e. The van der Waals surface area contributed by atoms with Crippen LogP contribution in [0.2, 0.25) is 0 Å². The molecule has 1 amide bonds. The van der Waals surface area contributed by atoms with Crippen molar-refractivity contribution in [2.45, 2.75) is 6.54 Å². The number of nitrogens with one attached hydrogen (secondary N) is 1. The lowest BCUT2D eigenvalue weighted by molar-refractivity contribution is 0.100. The van der Waals surface area contributed by atoms with Crippen LogP contribution >= 0.6 is 0 Å². The molecule has 0 saturated heterocycles. The Bertz CT molecular complexity index is 609. The first-order valence-electron chi connectivity index (χ1n) is 6.10. The zero-order valence-electron chi connectivity index (χ0n) is 11.1. The van der Waals surface area contributed by atoms with Crippen molar-refractivity contribution >= 4 is 11.6 Å². The standard InChI is InChI=1S/C15H16N2O3/c1-20-14-8-10(2-7-13(14)18)9-17-12-5-3-11(4-6-12)15(16)19/h2-8,17-18H,9H2,1H3,(H2,16,19). The summed E-state index contributed by atoms with van der Waals surface area (Å²) in [4.78, 5) is 11.0. The zero-order chi connectivity index (χ0) is 14.5. The lowest BCUT2D eigenvalue weighted by Gasteiger charge is -2.09. The van der Waals surface area contributed by atoms with Crippen molar-refractivity contribution in [1.29, 1.82) is 0 Å². The number of hydrogen-bond acceptors (Lipinski definition) is 4. The maximum atomic E-state index is 11.0. The first kappa shape index (κ1) is 13.7. The molecule has 2 rings (SSSR count). The second-order valence-corrected chi connectivity index (χ2v) is 4.30. The molecule has 0 unspecified atom stereocenters. The van der Waals surface area contributed by atoms with Crippen molar-refractivity contribution in [1.82, 2.24) is 0 Å². The average molecular weight is 272 g/mol. The van der Waals surface area contributed by atoms with Crippen LogP contribution in [0, 0.1) is 0 Å². The minimum atomic E-state index is -0.445. The van der Waals surface area contributed by atoms with Crippen molar-refractivity contribution in [2.75, 3.05) is 12.4 Å². The van der Waals surface area contributed by atoms with Gasteiger partial charge in [-0.15, -0.1) is 0 Å². The quantitative estimate of drug-likeness (QED) is 0.778. The Labute approximate surface area is 117 Å². The normalized spacial score (nSPS) is 10.1. The Kier molecular flexibility index (Phi) is 4.10. The van der Waals surface area contributed by atoms with Crippen LogP contribution in [-0.4, -0.2) is 18.1 Å². The van der Waals surface area contributed by atoms with Crippen LogP contribution in [0.4, 0.5) is 5.69 Å². The molecule has 20 heavy (non-hydrogen) atoms. The highest BCUT2D eigenvalue weighted by Crippen LogP contribution is 2.26. The summed E-state index contributed by atoms with van der Waals surface area (Å²) in [5.74, 6) is 0.107. The number of anilines is 1. The van der Waals surface area contributed by atoms with Gasteiger partial charge in [-0.2, -0.15) is 0 Å². The van der Waals surface area contributed by atoms with Crippen LogP contribution in [0.3, 0.4) is 0 Å². The van der Waals surface area contributed by atoms with Gasteiger partial charge in [-0.1, -0.05) is 6.07 Å². The summed E-state index contributed by atoms with van der Waals surface area (Å²) in [6, 6.07) is 12.1. The summed E-state index contributed by atoms with van der Waals surface area (Å²) in [7, 11) is 1.51. The third-order valence-corrected chi connectivity index (χ3v) is 2.91. The van der Waals surface area contributed by atoms with E-state index in [-0.39, 0.29) is 5.75 Å². The number of carbonyl (C=O) groups is 1. The maximum Gasteiger partial charge on any atom is 0.248 e. The minimum absolute atomic E-state index is 0.113. The molecule has 0 atom stereocenters. The lowest BCUT2D eigenvalue weighted by atomic mass is 10.1. The number of benzene rings is 2. The SMILES string of the molecule is COc1cc(CNc2ccc(C(N)=O)cc2)ccc1O. The van der Waals surface area contributed by atoms with Crippen LogP contribution in [0.1, 0.15) is 15.9 Å². The number of primary amides is 1. The number of methoxy groups -OCH3 is 1. The van der Waals surface area contributed by atoms with E-state index in [1.54, 1.807) is 36.4 Å². The van der Waals surface area contributed by atoms with E-state index in [4.69, 9.17) is 10.5 Å². The molecule has 0 radical (unpaired) electrons. The van der Waals surface area contributed by atoms with Crippen LogP contribution in [0.5, 0.6) is 11.5 Å². The molecule has 0 bridgehead atoms. The fourth-order valence-electron chi connectivity index (χ4n) is 1.79. The molecule has 0 saturated carbocycles. The van der Waals surface area contributed by atoms with Gasteiger partial charge in [0.2, 0.25) is 5.91 Å². The number of phenolic OH excluding ortho intramolecular Hbond substituents is 1. The Morgan fingerprint density at radius 3 is 2.55 bits per heavy atom. The zero-order valence-corrected chi connectivity index (χ0v) is 11.1. The smallest absolute Gasteiger partial charge is 0.248 e. The summed E-state index contributed by atoms with van der Waals surface area (Å²) in [6.45, 7) is 0.576. The first-order chi connectivity index (χ1) is 9.60. The summed E-state index contributed by atoms with van der Waals surface area (Å²) in [5, 5.41) is 12.7. The summed E-state index contributed by atoms with van der Waals surface area (Å²) < 4.78 is 5.05. The van der Waals surface area contributed by atoms with Gasteiger partial charge in [0.25, 0.3) is 0 Å². The molecule has 4 N–H and O–H groups in total. The number of ether oxygens (including phenoxy) is 1. The summed E-state index contributed by atoms with van der Waals surface area (Å²) in [5.41, 5.74) is 7.50. The lowest BCUT2D eigenvalue weighted by Crippen LogP contribution is -2.10. The second kappa shape index (κ2) is 5.97. The van der Waals surface area contributed by atoms with Gasteiger partial charge in [-0.3, -0.25) is 4.79 Å². The Morgan fingerprint density at radius 1 is 1.25 bits per heavy atom. The highest BCUT2D eigenvalue weighted by atomic mass is 16.5. The van der Waals surface area contributed by atoms with E-state index in [2.05, 4.69) is 5.32 Å². The molecule has 0 spiro atoms. The second-order valence-electron chi connectivity index (χ2n) is 4.30. The van der Waals surface area contributed by atoms with Gasteiger partial charge in [0.15, 0.2) is 11.5 Å². The fraction of sp³-hybridized carbons (Fsp3) is 0.133. The van der Waals surface area contributed by atoms with Crippen molar-refractivity contribution in [3.8, 4) is 11.5 Å². The van der Waals surface area contributed by atoms with E-state index < -0.39 is 5.91 Å². The molecule has 5 nitrogen and oxygen atoms in total. The van der Waals surface area contributed by atoms with Gasteiger partial charge < -0.3 is 20.9 Å². The van der Waals surface area contributed by atoms with Gasteiger partial charge in [-0.25, -0.2) is 0 Å². The van der Waals surface area contributed by atoms with Gasteiger partial charge >= 0.3 is 0 Å². The highest BCUT2D eigenvalue weighted by Gasteiger charge is 2.03. The number of rotatable bonds is 5. The maximum absolute atomic E-state index is 11.0. The molecular formula is C15H16N2O3. The van der Waals surface area contributed by atoms with Crippen LogP contribution in [0.25, 0.3) is 0 Å². The van der Waals surface area contributed by atoms with Crippen molar-refractivity contribution < 1.29 is 14.6 Å². The predicted octanol–water partition coefficient (Wildman–Crippen LogP) is 2.11. The molecule has 0 fully saturated rings. The van der Waals surface area contributed by atoms with E-state index in [1.165, 1.54) is 7.11 Å². The van der Waals surface area contributed by atoms with Crippen LogP contribution in [0.15, 0.2) is 42.5 Å². The summed E-state index contributed by atoms with van der Waals surface area (Å²) in [6.07, 6.45) is 0. The third-order valence-electron chi connectivity index (χ3n) is 2.91. The number of phenols is 1. The first-order valence-corrected chi connectivity index (χ1v) is 6.10. The number of nitrogens with two attached hydrogens (primary N) is 1. The summed E-state index contributed by atoms with van der Waals surface area (Å²) >= 11 is 0. The van der Waals surface area contributed by atoms with Gasteiger partial charge in [-0.05, 0) is 42.0 Å². The van der Waals surface area contributed by atoms with E-state index in [1.807, 2.05) is 6.07 Å². The largest absolute Gasteiger partial charge is 0.504 e. The van der Waals surface area contributed by atoms with Crippen molar-refractivity contribution in [2.24, 2.45) is 5.73 Å². The predicted molar refractivity (Wildman–Crippen MR) is 76.9 cm³/mol. The topological polar surface area (TPSA) is 84.6 Å². The molecule has 5 heteroatoms. The molecule has 0 aliphatic rings. The molecule has 0 heterocycles. The van der Waals surface area contributed by atoms with Crippen LogP contribution in [-0.2, 0) is 6.54 Å². The van der Waals surface area contributed by atoms with E-state index in [9.17, 15) is 9.90 Å². The highest BCUT2D eigenvalue weighted by molar-refractivity contribution is 5.93. The molecule has 2 aromatic carbocycles. The van der Waals surface area contributed by atoms with Gasteiger partial charge in [0.1, 0.15) is 0 Å². The number of aromatic hydroxyl groups is 1. The Hall–Kier alpha value is -2.69. The van der Waals surface area contributed by atoms with E-state index in [0.717, 1.165) is 11.3 Å². The number of hydrogen-bond donors (Lipinski definition) is 3. The molecular weight excluding hydrogens is 256 g/mol. The number of carbonyl (C=O) groups excluding carboxylic acids is 1. The molecule has 0 aromatic heterocycles. The Morgan fingerprint density at radius 2 is 1.95 bits per heavy atom.